The van der Waals surface area contributed by atoms with Crippen LogP contribution in [0.3, 0.4) is 0 Å². The van der Waals surface area contributed by atoms with Crippen LogP contribution < -0.4 is 16.4 Å². The van der Waals surface area contributed by atoms with Crippen molar-refractivity contribution >= 4 is 27.3 Å². The van der Waals surface area contributed by atoms with Crippen molar-refractivity contribution in [2.24, 2.45) is 21.6 Å². The minimum Gasteiger partial charge on any atom is -0.332 e. The number of anilines is 1. The lowest BCUT2D eigenvalue weighted by Gasteiger charge is -2.34. The molecule has 0 aliphatic carbocycles. The monoisotopic (exact) mass is 454 g/mol. The molecule has 12 heteroatoms. The van der Waals surface area contributed by atoms with Crippen LogP contribution in [0.1, 0.15) is 25.2 Å². The minimum absolute atomic E-state index is 0.000863. The summed E-state index contributed by atoms with van der Waals surface area (Å²) in [5, 5.41) is 5.73. The van der Waals surface area contributed by atoms with Crippen LogP contribution in [0.5, 0.6) is 0 Å². The smallest absolute Gasteiger partial charge is 0.332 e. The van der Waals surface area contributed by atoms with E-state index in [0.29, 0.717) is 5.69 Å². The largest absolute Gasteiger partial charge is 0.433 e. The summed E-state index contributed by atoms with van der Waals surface area (Å²) in [5.41, 5.74) is 5.57. The fourth-order valence-electron chi connectivity index (χ4n) is 2.66. The van der Waals surface area contributed by atoms with E-state index in [9.17, 15) is 21.6 Å². The number of rotatable bonds is 4. The van der Waals surface area contributed by atoms with Gasteiger partial charge in [-0.25, -0.2) is 18.4 Å². The van der Waals surface area contributed by atoms with Gasteiger partial charge in [0.15, 0.2) is 21.5 Å². The molecule has 0 bridgehead atoms. The van der Waals surface area contributed by atoms with E-state index < -0.39 is 27.5 Å². The molecule has 0 saturated carbocycles. The summed E-state index contributed by atoms with van der Waals surface area (Å²) in [6.45, 7) is 3.56. The lowest BCUT2D eigenvalue weighted by atomic mass is 10.1. The number of nitrogens with two attached hydrogens (primary N) is 1. The molecule has 1 aliphatic rings. The van der Waals surface area contributed by atoms with Gasteiger partial charge in [-0.2, -0.15) is 18.2 Å². The molecule has 0 fully saturated rings. The normalized spacial score (nSPS) is 19.5. The predicted octanol–water partition coefficient (Wildman–Crippen LogP) is 2.59. The lowest BCUT2D eigenvalue weighted by Crippen LogP contribution is -2.61. The number of benzene rings is 1. The first-order valence-corrected chi connectivity index (χ1v) is 11.0. The van der Waals surface area contributed by atoms with Crippen molar-refractivity contribution in [1.29, 1.82) is 0 Å². The number of sulfone groups is 1. The zero-order valence-electron chi connectivity index (χ0n) is 16.9. The van der Waals surface area contributed by atoms with Gasteiger partial charge in [-0.15, -0.1) is 0 Å². The maximum atomic E-state index is 13.1. The van der Waals surface area contributed by atoms with Crippen LogP contribution in [0.15, 0.2) is 57.3 Å². The molecule has 1 aromatic carbocycles. The fraction of sp³-hybridized carbons (Fsp3) is 0.316. The van der Waals surface area contributed by atoms with Gasteiger partial charge in [0, 0.05) is 17.9 Å². The Hall–Kier alpha value is -2.99. The van der Waals surface area contributed by atoms with Gasteiger partial charge in [0.1, 0.15) is 11.4 Å². The Kier molecular flexibility index (Phi) is 5.80. The summed E-state index contributed by atoms with van der Waals surface area (Å²) < 4.78 is 62.9. The van der Waals surface area contributed by atoms with Crippen LogP contribution in [0.4, 0.5) is 18.9 Å². The topological polar surface area (TPSA) is 122 Å². The molecule has 0 saturated heterocycles. The first-order chi connectivity index (χ1) is 14.3. The van der Waals surface area contributed by atoms with Crippen LogP contribution in [0.25, 0.3) is 0 Å². The second-order valence-electron chi connectivity index (χ2n) is 7.33. The van der Waals surface area contributed by atoms with Crippen molar-refractivity contribution in [3.63, 3.8) is 0 Å². The van der Waals surface area contributed by atoms with Crippen molar-refractivity contribution in [3.8, 4) is 0 Å². The first-order valence-electron chi connectivity index (χ1n) is 9.15. The number of aromatic nitrogens is 1. The van der Waals surface area contributed by atoms with Gasteiger partial charge >= 0.3 is 6.18 Å². The molecule has 0 spiro atoms. The highest BCUT2D eigenvalue weighted by Crippen LogP contribution is 2.28. The van der Waals surface area contributed by atoms with Crippen molar-refractivity contribution in [1.82, 2.24) is 10.3 Å². The van der Waals surface area contributed by atoms with Crippen molar-refractivity contribution in [3.05, 3.63) is 53.9 Å². The quantitative estimate of drug-likeness (QED) is 0.653. The highest BCUT2D eigenvalue weighted by atomic mass is 32.2. The Morgan fingerprint density at radius 3 is 2.45 bits per heavy atom. The summed E-state index contributed by atoms with van der Waals surface area (Å²) in [7, 11) is -3.44. The van der Waals surface area contributed by atoms with Gasteiger partial charge in [-0.1, -0.05) is 26.0 Å². The molecule has 3 rings (SSSR count). The highest BCUT2D eigenvalue weighted by Gasteiger charge is 2.36. The summed E-state index contributed by atoms with van der Waals surface area (Å²) in [4.78, 5) is 12.3. The first kappa shape index (κ1) is 22.7. The molecule has 0 amide bonds. The summed E-state index contributed by atoms with van der Waals surface area (Å²) >= 11 is 0. The van der Waals surface area contributed by atoms with E-state index in [1.165, 1.54) is 30.3 Å². The second kappa shape index (κ2) is 7.93. The standard InChI is InChI=1S/C19H21F3N6O2S/c1-11(2)19(23)27-16(14-8-5-9-15(25-14)18(20,21)22)26-17(28-19)24-12-6-4-7-13(10-12)31(3,29)30/h4-11H,23H2,1-3H3,(H2,24,26,27,28). The van der Waals surface area contributed by atoms with Crippen molar-refractivity contribution in [2.75, 3.05) is 11.6 Å². The number of guanidine groups is 1. The zero-order chi connectivity index (χ0) is 23.0. The van der Waals surface area contributed by atoms with Crippen LogP contribution in [0, 0.1) is 5.92 Å². The molecular weight excluding hydrogens is 433 g/mol. The third-order valence-electron chi connectivity index (χ3n) is 4.51. The van der Waals surface area contributed by atoms with E-state index in [2.05, 4.69) is 25.6 Å². The number of halogens is 3. The molecule has 1 aliphatic heterocycles. The third kappa shape index (κ3) is 5.20. The maximum Gasteiger partial charge on any atom is 0.433 e. The van der Waals surface area contributed by atoms with Crippen LogP contribution in [-0.2, 0) is 16.0 Å². The van der Waals surface area contributed by atoms with Gasteiger partial charge in [0.2, 0.25) is 5.96 Å². The average molecular weight is 454 g/mol. The molecule has 8 nitrogen and oxygen atoms in total. The second-order valence-corrected chi connectivity index (χ2v) is 9.35. The number of aliphatic imine (C=N–C) groups is 2. The van der Waals surface area contributed by atoms with Gasteiger partial charge < -0.3 is 10.6 Å². The Bertz CT molecular complexity index is 1160. The van der Waals surface area contributed by atoms with Gasteiger partial charge in [0.25, 0.3) is 0 Å². The van der Waals surface area contributed by atoms with Crippen LogP contribution in [-0.4, -0.2) is 37.2 Å². The minimum atomic E-state index is -4.62. The molecular formula is C19H21F3N6O2S. The molecule has 0 radical (unpaired) electrons. The molecule has 2 heterocycles. The third-order valence-corrected chi connectivity index (χ3v) is 5.62. The number of alkyl halides is 3. The summed E-state index contributed by atoms with van der Waals surface area (Å²) in [5.74, 6) is -1.67. The van der Waals surface area contributed by atoms with E-state index >= 15 is 0 Å². The van der Waals surface area contributed by atoms with E-state index in [0.717, 1.165) is 12.3 Å². The maximum absolute atomic E-state index is 13.1. The molecule has 1 aromatic heterocycles. The fourth-order valence-corrected chi connectivity index (χ4v) is 3.33. The number of nitrogens with zero attached hydrogens (tertiary/aromatic N) is 3. The molecule has 2 aromatic rings. The Balaban J connectivity index is 2.03. The van der Waals surface area contributed by atoms with E-state index in [1.807, 2.05) is 0 Å². The number of amidine groups is 1. The Morgan fingerprint density at radius 1 is 1.16 bits per heavy atom. The lowest BCUT2D eigenvalue weighted by molar-refractivity contribution is -0.141. The van der Waals surface area contributed by atoms with Crippen LogP contribution in [0.2, 0.25) is 0 Å². The number of hydrogen-bond donors (Lipinski definition) is 3. The van der Waals surface area contributed by atoms with E-state index in [-0.39, 0.29) is 28.3 Å². The number of nitrogens with one attached hydrogen (secondary N) is 2. The van der Waals surface area contributed by atoms with Crippen molar-refractivity contribution < 1.29 is 21.6 Å². The van der Waals surface area contributed by atoms with Gasteiger partial charge in [-0.3, -0.25) is 5.73 Å². The molecule has 4 N–H and O–H groups in total. The predicted molar refractivity (Wildman–Crippen MR) is 111 cm³/mol. The van der Waals surface area contributed by atoms with E-state index in [4.69, 9.17) is 5.73 Å². The van der Waals surface area contributed by atoms with Crippen molar-refractivity contribution in [2.45, 2.75) is 30.7 Å². The number of hydrogen-bond acceptors (Lipinski definition) is 8. The molecule has 166 valence electrons. The summed E-state index contributed by atoms with van der Waals surface area (Å²) in [6, 6.07) is 9.42. The molecule has 31 heavy (non-hydrogen) atoms. The van der Waals surface area contributed by atoms with Gasteiger partial charge in [0.05, 0.1) is 4.90 Å². The Morgan fingerprint density at radius 2 is 1.84 bits per heavy atom. The SMILES string of the molecule is CC(C)C1(N)N=C(Nc2cccc(S(C)(=O)=O)c2)N=C(c2cccc(C(F)(F)F)n2)N1. The molecule has 1 unspecified atom stereocenters. The zero-order valence-corrected chi connectivity index (χ0v) is 17.7. The summed E-state index contributed by atoms with van der Waals surface area (Å²) in [6.07, 6.45) is -3.54. The van der Waals surface area contributed by atoms with Crippen LogP contribution >= 0.6 is 0 Å². The average Bonchev–Trinajstić information content (AvgIpc) is 2.66. The number of pyridine rings is 1. The Labute approximate surface area is 177 Å². The molecule has 1 atom stereocenters. The van der Waals surface area contributed by atoms with Gasteiger partial charge in [-0.05, 0) is 30.3 Å². The van der Waals surface area contributed by atoms with E-state index in [1.54, 1.807) is 19.9 Å². The highest BCUT2D eigenvalue weighted by molar-refractivity contribution is 7.90.